The van der Waals surface area contributed by atoms with E-state index in [4.69, 9.17) is 9.47 Å². The lowest BCUT2D eigenvalue weighted by Gasteiger charge is -2.25. The van der Waals surface area contributed by atoms with E-state index in [1.165, 1.54) is 96.3 Å². The van der Waals surface area contributed by atoms with E-state index >= 15 is 0 Å². The van der Waals surface area contributed by atoms with Crippen LogP contribution in [-0.2, 0) is 19.1 Å². The number of aliphatic hydroxyl groups excluding tert-OH is 1. The molecule has 0 spiro atoms. The van der Waals surface area contributed by atoms with Crippen molar-refractivity contribution in [3.63, 3.8) is 0 Å². The third-order valence-corrected chi connectivity index (χ3v) is 9.85. The molecule has 0 saturated heterocycles. The molecule has 0 aromatic carbocycles. The third kappa shape index (κ3) is 31.9. The molecule has 0 aromatic rings. The summed E-state index contributed by atoms with van der Waals surface area (Å²) >= 11 is 0. The van der Waals surface area contributed by atoms with Crippen molar-refractivity contribution in [2.75, 3.05) is 39.5 Å². The zero-order valence-corrected chi connectivity index (χ0v) is 32.2. The summed E-state index contributed by atoms with van der Waals surface area (Å²) in [6.07, 6.45) is 29.2. The molecule has 0 rings (SSSR count). The SMILES string of the molecule is CCCCCCCCCOC(=O)CCCCCCCN(CCCO)CCCCCC(C)(C)COC(=O)CCCCCCC(CC)CC. The topological polar surface area (TPSA) is 76.1 Å². The molecule has 0 fully saturated rings. The maximum absolute atomic E-state index is 12.3. The zero-order valence-electron chi connectivity index (χ0n) is 32.2. The second-order valence-electron chi connectivity index (χ2n) is 15.0. The van der Waals surface area contributed by atoms with Crippen LogP contribution in [0.5, 0.6) is 0 Å². The number of ether oxygens (including phenoxy) is 2. The number of nitrogens with zero attached hydrogens (tertiary/aromatic N) is 1. The van der Waals surface area contributed by atoms with Gasteiger partial charge in [0.2, 0.25) is 0 Å². The van der Waals surface area contributed by atoms with Crippen molar-refractivity contribution in [2.45, 2.75) is 202 Å². The van der Waals surface area contributed by atoms with Crippen LogP contribution in [0.1, 0.15) is 202 Å². The zero-order chi connectivity index (χ0) is 34.9. The van der Waals surface area contributed by atoms with Crippen molar-refractivity contribution in [2.24, 2.45) is 11.3 Å². The second-order valence-corrected chi connectivity index (χ2v) is 15.0. The van der Waals surface area contributed by atoms with Crippen molar-refractivity contribution < 1.29 is 24.2 Å². The highest BCUT2D eigenvalue weighted by Crippen LogP contribution is 2.25. The highest BCUT2D eigenvalue weighted by Gasteiger charge is 2.20. The van der Waals surface area contributed by atoms with Gasteiger partial charge in [-0.25, -0.2) is 0 Å². The lowest BCUT2D eigenvalue weighted by atomic mass is 9.88. The molecule has 0 bridgehead atoms. The summed E-state index contributed by atoms with van der Waals surface area (Å²) in [6, 6.07) is 0. The Balaban J connectivity index is 3.88. The molecule has 1 N–H and O–H groups in total. The lowest BCUT2D eigenvalue weighted by Crippen LogP contribution is -2.28. The van der Waals surface area contributed by atoms with Crippen LogP contribution in [0.25, 0.3) is 0 Å². The van der Waals surface area contributed by atoms with E-state index < -0.39 is 0 Å². The van der Waals surface area contributed by atoms with E-state index in [-0.39, 0.29) is 24.0 Å². The fourth-order valence-electron chi connectivity index (χ4n) is 6.37. The molecule has 0 aliphatic rings. The van der Waals surface area contributed by atoms with Gasteiger partial charge in [-0.3, -0.25) is 9.59 Å². The fourth-order valence-corrected chi connectivity index (χ4v) is 6.37. The van der Waals surface area contributed by atoms with Gasteiger partial charge in [0.15, 0.2) is 0 Å². The number of carbonyl (C=O) groups is 2. The number of aliphatic hydroxyl groups is 1. The molecule has 0 radical (unpaired) electrons. The maximum Gasteiger partial charge on any atom is 0.305 e. The predicted molar refractivity (Wildman–Crippen MR) is 200 cm³/mol. The largest absolute Gasteiger partial charge is 0.466 e. The van der Waals surface area contributed by atoms with Gasteiger partial charge in [0, 0.05) is 26.0 Å². The van der Waals surface area contributed by atoms with Crippen LogP contribution in [0.2, 0.25) is 0 Å². The highest BCUT2D eigenvalue weighted by atomic mass is 16.5. The normalized spacial score (nSPS) is 11.9. The van der Waals surface area contributed by atoms with Crippen LogP contribution in [0, 0.1) is 11.3 Å². The Bertz CT molecular complexity index is 693. The van der Waals surface area contributed by atoms with E-state index in [9.17, 15) is 14.7 Å². The van der Waals surface area contributed by atoms with Crippen LogP contribution in [-0.4, -0.2) is 61.4 Å². The predicted octanol–water partition coefficient (Wildman–Crippen LogP) is 11.2. The molecular formula is C41H81NO5. The lowest BCUT2D eigenvalue weighted by molar-refractivity contribution is -0.147. The van der Waals surface area contributed by atoms with Crippen molar-refractivity contribution >= 4 is 11.9 Å². The fraction of sp³-hybridized carbons (Fsp3) is 0.951. The van der Waals surface area contributed by atoms with Crippen LogP contribution < -0.4 is 0 Å². The van der Waals surface area contributed by atoms with Gasteiger partial charge in [0.1, 0.15) is 0 Å². The van der Waals surface area contributed by atoms with Crippen LogP contribution >= 0.6 is 0 Å². The monoisotopic (exact) mass is 668 g/mol. The quantitative estimate of drug-likeness (QED) is 0.0529. The molecule has 6 heteroatoms. The van der Waals surface area contributed by atoms with E-state index in [0.717, 1.165) is 83.3 Å². The smallest absolute Gasteiger partial charge is 0.305 e. The standard InChI is InChI=1S/C41H81NO5/c1-6-9-10-11-12-18-26-36-46-39(44)29-21-14-13-17-24-32-42(34-27-35-43)33-25-19-23-31-41(4,5)37-47-40(45)30-22-16-15-20-28-38(7-2)8-3/h38,43H,6-37H2,1-5H3. The molecule has 0 heterocycles. The Hall–Kier alpha value is -1.14. The Kier molecular flexibility index (Phi) is 32.6. The number of hydrogen-bond donors (Lipinski definition) is 1. The van der Waals surface area contributed by atoms with E-state index in [2.05, 4.69) is 39.5 Å². The summed E-state index contributed by atoms with van der Waals surface area (Å²) in [5.74, 6) is 0.807. The number of carbonyl (C=O) groups excluding carboxylic acids is 2. The third-order valence-electron chi connectivity index (χ3n) is 9.85. The minimum Gasteiger partial charge on any atom is -0.466 e. The number of rotatable bonds is 36. The molecule has 0 aliphatic heterocycles. The summed E-state index contributed by atoms with van der Waals surface area (Å²) in [4.78, 5) is 26.8. The Morgan fingerprint density at radius 2 is 1.09 bits per heavy atom. The van der Waals surface area contributed by atoms with Crippen molar-refractivity contribution in [3.8, 4) is 0 Å². The molecule has 47 heavy (non-hydrogen) atoms. The van der Waals surface area contributed by atoms with Crippen LogP contribution in [0.15, 0.2) is 0 Å². The molecule has 0 aliphatic carbocycles. The minimum atomic E-state index is -0.0332. The van der Waals surface area contributed by atoms with Crippen molar-refractivity contribution in [1.82, 2.24) is 4.90 Å². The van der Waals surface area contributed by atoms with Gasteiger partial charge in [-0.2, -0.15) is 0 Å². The van der Waals surface area contributed by atoms with Gasteiger partial charge in [-0.1, -0.05) is 144 Å². The number of esters is 2. The first kappa shape index (κ1) is 45.9. The number of hydrogen-bond acceptors (Lipinski definition) is 6. The van der Waals surface area contributed by atoms with Gasteiger partial charge in [-0.05, 0) is 69.4 Å². The Labute approximate surface area is 292 Å². The Morgan fingerprint density at radius 3 is 1.68 bits per heavy atom. The molecule has 6 nitrogen and oxygen atoms in total. The average molecular weight is 668 g/mol. The average Bonchev–Trinajstić information content (AvgIpc) is 3.06. The van der Waals surface area contributed by atoms with Gasteiger partial charge in [0.05, 0.1) is 13.2 Å². The van der Waals surface area contributed by atoms with E-state index in [1.54, 1.807) is 0 Å². The summed E-state index contributed by atoms with van der Waals surface area (Å²) < 4.78 is 11.1. The molecule has 0 unspecified atom stereocenters. The van der Waals surface area contributed by atoms with Crippen molar-refractivity contribution in [1.29, 1.82) is 0 Å². The van der Waals surface area contributed by atoms with Crippen LogP contribution in [0.3, 0.4) is 0 Å². The summed E-state index contributed by atoms with van der Waals surface area (Å²) in [7, 11) is 0. The van der Waals surface area contributed by atoms with Crippen molar-refractivity contribution in [3.05, 3.63) is 0 Å². The van der Waals surface area contributed by atoms with Gasteiger partial charge in [0.25, 0.3) is 0 Å². The van der Waals surface area contributed by atoms with E-state index in [0.29, 0.717) is 26.1 Å². The van der Waals surface area contributed by atoms with Crippen LogP contribution in [0.4, 0.5) is 0 Å². The van der Waals surface area contributed by atoms with E-state index in [1.807, 2.05) is 0 Å². The summed E-state index contributed by atoms with van der Waals surface area (Å²) in [5, 5.41) is 9.35. The summed E-state index contributed by atoms with van der Waals surface area (Å²) in [5.41, 5.74) is 0.0197. The molecule has 280 valence electrons. The Morgan fingerprint density at radius 1 is 0.596 bits per heavy atom. The molecule has 0 atom stereocenters. The molecule has 0 aromatic heterocycles. The first-order chi connectivity index (χ1) is 22.8. The maximum atomic E-state index is 12.3. The van der Waals surface area contributed by atoms with Gasteiger partial charge in [-0.15, -0.1) is 0 Å². The second kappa shape index (κ2) is 33.4. The first-order valence-electron chi connectivity index (χ1n) is 20.4. The molecule has 0 saturated carbocycles. The van der Waals surface area contributed by atoms with Gasteiger partial charge >= 0.3 is 11.9 Å². The number of unbranched alkanes of at least 4 members (excludes halogenated alkanes) is 15. The van der Waals surface area contributed by atoms with Gasteiger partial charge < -0.3 is 19.5 Å². The molecule has 0 amide bonds. The summed E-state index contributed by atoms with van der Waals surface area (Å²) in [6.45, 7) is 15.7. The minimum absolute atomic E-state index is 0.0197. The highest BCUT2D eigenvalue weighted by molar-refractivity contribution is 5.69. The molecular weight excluding hydrogens is 586 g/mol. The first-order valence-corrected chi connectivity index (χ1v) is 20.4.